The number of ether oxygens (including phenoxy) is 3. The molecule has 7 heteroatoms. The van der Waals surface area contributed by atoms with Crippen molar-refractivity contribution >= 4 is 74.3 Å². The molecule has 198 valence electrons. The molecule has 0 aliphatic carbocycles. The van der Waals surface area contributed by atoms with Gasteiger partial charge in [-0.1, -0.05) is 36.4 Å². The van der Waals surface area contributed by atoms with E-state index in [1.807, 2.05) is 18.2 Å². The summed E-state index contributed by atoms with van der Waals surface area (Å²) in [7, 11) is 0. The zero-order valence-electron chi connectivity index (χ0n) is 22.5. The van der Waals surface area contributed by atoms with Crippen molar-refractivity contribution in [1.82, 2.24) is 0 Å². The number of hydrogen-bond acceptors (Lipinski definition) is 6. The Bertz CT molecular complexity index is 2080. The first-order valence-corrected chi connectivity index (χ1v) is 14.6. The van der Waals surface area contributed by atoms with Crippen LogP contribution in [0.5, 0.6) is 34.5 Å². The lowest BCUT2D eigenvalue weighted by Crippen LogP contribution is -2.65. The molecular formula is C36H18BN3O3. The molecule has 0 fully saturated rings. The lowest BCUT2D eigenvalue weighted by molar-refractivity contribution is 0.474. The van der Waals surface area contributed by atoms with Crippen LogP contribution in [0.15, 0.2) is 109 Å². The van der Waals surface area contributed by atoms with Gasteiger partial charge in [-0.2, -0.15) is 0 Å². The summed E-state index contributed by atoms with van der Waals surface area (Å²) < 4.78 is 19.9. The lowest BCUT2D eigenvalue weighted by atomic mass is 9.31. The van der Waals surface area contributed by atoms with Crippen molar-refractivity contribution < 1.29 is 14.2 Å². The minimum atomic E-state index is -0.0276. The lowest BCUT2D eigenvalue weighted by Gasteiger charge is -2.52. The summed E-state index contributed by atoms with van der Waals surface area (Å²) >= 11 is 0. The van der Waals surface area contributed by atoms with Gasteiger partial charge in [-0.15, -0.1) is 0 Å². The summed E-state index contributed by atoms with van der Waals surface area (Å²) in [5.74, 6) is 5.16. The second-order valence-corrected chi connectivity index (χ2v) is 11.7. The van der Waals surface area contributed by atoms with Crippen LogP contribution in [0.4, 0.5) is 51.2 Å². The Labute approximate surface area is 246 Å². The molecule has 0 amide bonds. The Kier molecular flexibility index (Phi) is 3.31. The number of para-hydroxylation sites is 6. The summed E-state index contributed by atoms with van der Waals surface area (Å²) in [6.45, 7) is -0.0276. The van der Waals surface area contributed by atoms with E-state index in [0.29, 0.717) is 0 Å². The SMILES string of the molecule is c1ccc2c(c1)Oc1ccc3c4c1N2c1ccc2c5c1B4c1c(ccc4c1N3c1ccccc1O4)N5c1ccccc1O2. The number of rotatable bonds is 0. The van der Waals surface area contributed by atoms with Gasteiger partial charge in [0.1, 0.15) is 0 Å². The minimum absolute atomic E-state index is 0.0276. The van der Waals surface area contributed by atoms with Crippen LogP contribution in [-0.2, 0) is 0 Å². The molecule has 6 aliphatic rings. The highest BCUT2D eigenvalue weighted by molar-refractivity contribution is 7.03. The van der Waals surface area contributed by atoms with Crippen molar-refractivity contribution in [3.63, 3.8) is 0 Å². The Hall–Kier alpha value is -5.82. The highest BCUT2D eigenvalue weighted by atomic mass is 16.5. The standard InChI is InChI=1S/C36H18BN3O3/c1-4-10-25-19(7-1)38-22-13-16-29-35-31(22)37-32-23(14-17-28(41-25)34(32)38)39-20-8-2-5-11-26(20)43-30-18-15-24(33(37)36(30)39)40(35)21-9-3-6-12-27(21)42-29/h1-18H. The summed E-state index contributed by atoms with van der Waals surface area (Å²) in [5.41, 5.74) is 13.6. The van der Waals surface area contributed by atoms with Gasteiger partial charge in [-0.3, -0.25) is 0 Å². The molecule has 0 aromatic heterocycles. The highest BCUT2D eigenvalue weighted by Crippen LogP contribution is 2.61. The number of benzene rings is 6. The van der Waals surface area contributed by atoms with Crippen LogP contribution in [0.25, 0.3) is 0 Å². The van der Waals surface area contributed by atoms with Gasteiger partial charge in [-0.25, -0.2) is 0 Å². The maximum Gasteiger partial charge on any atom is 0.258 e. The zero-order chi connectivity index (χ0) is 27.6. The molecule has 0 N–H and O–H groups in total. The predicted octanol–water partition coefficient (Wildman–Crippen LogP) is 7.87. The van der Waals surface area contributed by atoms with Crippen molar-refractivity contribution in [1.29, 1.82) is 0 Å². The third-order valence-electron chi connectivity index (χ3n) is 9.71. The second kappa shape index (κ2) is 6.80. The van der Waals surface area contributed by atoms with E-state index in [4.69, 9.17) is 14.2 Å². The van der Waals surface area contributed by atoms with E-state index in [1.165, 1.54) is 16.4 Å². The molecule has 12 rings (SSSR count). The fraction of sp³-hybridized carbons (Fsp3) is 0. The van der Waals surface area contributed by atoms with Gasteiger partial charge in [0, 0.05) is 17.1 Å². The number of nitrogens with zero attached hydrogens (tertiary/aromatic N) is 3. The van der Waals surface area contributed by atoms with E-state index in [1.54, 1.807) is 0 Å². The van der Waals surface area contributed by atoms with Gasteiger partial charge < -0.3 is 28.9 Å². The Morgan fingerprint density at radius 2 is 0.651 bits per heavy atom. The molecule has 43 heavy (non-hydrogen) atoms. The molecule has 0 spiro atoms. The molecule has 6 nitrogen and oxygen atoms in total. The minimum Gasteiger partial charge on any atom is -0.453 e. The van der Waals surface area contributed by atoms with Gasteiger partial charge in [0.2, 0.25) is 0 Å². The van der Waals surface area contributed by atoms with Crippen molar-refractivity contribution in [3.05, 3.63) is 109 Å². The third-order valence-corrected chi connectivity index (χ3v) is 9.71. The average molecular weight is 551 g/mol. The van der Waals surface area contributed by atoms with Crippen LogP contribution in [0.2, 0.25) is 0 Å². The molecule has 6 heterocycles. The monoisotopic (exact) mass is 551 g/mol. The largest absolute Gasteiger partial charge is 0.453 e. The molecule has 0 bridgehead atoms. The molecule has 6 aromatic carbocycles. The van der Waals surface area contributed by atoms with E-state index in [9.17, 15) is 0 Å². The molecule has 0 saturated carbocycles. The number of fused-ring (bicyclic) bond motifs is 9. The van der Waals surface area contributed by atoms with Gasteiger partial charge in [0.15, 0.2) is 34.5 Å². The Balaban J connectivity index is 1.29. The summed E-state index contributed by atoms with van der Waals surface area (Å²) in [6.07, 6.45) is 0. The van der Waals surface area contributed by atoms with E-state index in [0.717, 1.165) is 85.7 Å². The van der Waals surface area contributed by atoms with Crippen molar-refractivity contribution in [3.8, 4) is 34.5 Å². The molecule has 0 atom stereocenters. The van der Waals surface area contributed by atoms with E-state index < -0.39 is 0 Å². The highest BCUT2D eigenvalue weighted by Gasteiger charge is 2.54. The smallest absolute Gasteiger partial charge is 0.258 e. The Morgan fingerprint density at radius 3 is 1.00 bits per heavy atom. The van der Waals surface area contributed by atoms with E-state index in [2.05, 4.69) is 106 Å². The molecule has 6 aliphatic heterocycles. The first-order chi connectivity index (χ1) is 21.3. The van der Waals surface area contributed by atoms with Crippen LogP contribution in [0, 0.1) is 0 Å². The van der Waals surface area contributed by atoms with Crippen LogP contribution in [0.3, 0.4) is 0 Å². The van der Waals surface area contributed by atoms with Gasteiger partial charge in [0.25, 0.3) is 6.71 Å². The van der Waals surface area contributed by atoms with Crippen LogP contribution in [0.1, 0.15) is 0 Å². The average Bonchev–Trinajstić information content (AvgIpc) is 3.06. The molecule has 0 unspecified atom stereocenters. The topological polar surface area (TPSA) is 37.4 Å². The molecule has 0 radical (unpaired) electrons. The third kappa shape index (κ3) is 2.21. The van der Waals surface area contributed by atoms with E-state index in [-0.39, 0.29) is 6.71 Å². The van der Waals surface area contributed by atoms with Crippen LogP contribution in [-0.4, -0.2) is 6.71 Å². The first kappa shape index (κ1) is 21.0. The molecule has 0 saturated heterocycles. The zero-order valence-corrected chi connectivity index (χ0v) is 22.5. The summed E-state index contributed by atoms with van der Waals surface area (Å²) in [4.78, 5) is 7.22. The van der Waals surface area contributed by atoms with Gasteiger partial charge in [-0.05, 0) is 89.2 Å². The second-order valence-electron chi connectivity index (χ2n) is 11.7. The van der Waals surface area contributed by atoms with Crippen LogP contribution < -0.4 is 45.3 Å². The first-order valence-electron chi connectivity index (χ1n) is 14.6. The number of anilines is 9. The molecular weight excluding hydrogens is 533 g/mol. The normalized spacial score (nSPS) is 15.3. The predicted molar refractivity (Wildman–Crippen MR) is 169 cm³/mol. The van der Waals surface area contributed by atoms with E-state index >= 15 is 0 Å². The maximum atomic E-state index is 6.62. The summed E-state index contributed by atoms with van der Waals surface area (Å²) in [6, 6.07) is 38.0. The van der Waals surface area contributed by atoms with Crippen molar-refractivity contribution in [2.24, 2.45) is 0 Å². The van der Waals surface area contributed by atoms with Crippen molar-refractivity contribution in [2.75, 3.05) is 14.7 Å². The van der Waals surface area contributed by atoms with Crippen molar-refractivity contribution in [2.45, 2.75) is 0 Å². The quantitative estimate of drug-likeness (QED) is 0.179. The maximum absolute atomic E-state index is 6.62. The van der Waals surface area contributed by atoms with Crippen LogP contribution >= 0.6 is 0 Å². The number of hydrogen-bond donors (Lipinski definition) is 0. The van der Waals surface area contributed by atoms with Gasteiger partial charge in [0.05, 0.1) is 34.1 Å². The fourth-order valence-corrected chi connectivity index (χ4v) is 8.19. The summed E-state index contributed by atoms with van der Waals surface area (Å²) in [5, 5.41) is 0. The van der Waals surface area contributed by atoms with Gasteiger partial charge >= 0.3 is 0 Å². The fourth-order valence-electron chi connectivity index (χ4n) is 8.19. The Morgan fingerprint density at radius 1 is 0.326 bits per heavy atom. The molecule has 6 aromatic rings.